The van der Waals surface area contributed by atoms with Gasteiger partial charge in [-0.25, -0.2) is 4.98 Å². The maximum Gasteiger partial charge on any atom is 0.191 e. The van der Waals surface area contributed by atoms with Crippen LogP contribution in [0, 0.1) is 6.92 Å². The minimum atomic E-state index is 0.674. The van der Waals surface area contributed by atoms with Crippen LogP contribution in [0.3, 0.4) is 0 Å². The molecule has 7 heteroatoms. The van der Waals surface area contributed by atoms with Crippen molar-refractivity contribution >= 4 is 16.9 Å². The number of aryl methyl sites for hydroxylation is 1. The summed E-state index contributed by atoms with van der Waals surface area (Å²) in [5.74, 6) is 1.55. The molecule has 2 heterocycles. The molecule has 7 nitrogen and oxygen atoms in total. The number of H-pyrrole nitrogens is 2. The van der Waals surface area contributed by atoms with Crippen molar-refractivity contribution in [2.24, 2.45) is 4.99 Å². The topological polar surface area (TPSA) is 93.8 Å². The Labute approximate surface area is 169 Å². The van der Waals surface area contributed by atoms with E-state index in [0.29, 0.717) is 6.54 Å². The summed E-state index contributed by atoms with van der Waals surface area (Å²) >= 11 is 0. The van der Waals surface area contributed by atoms with Gasteiger partial charge in [-0.3, -0.25) is 10.1 Å². The number of benzene rings is 2. The number of nitrogens with one attached hydrogen (secondary N) is 4. The molecule has 0 saturated carbocycles. The van der Waals surface area contributed by atoms with E-state index in [-0.39, 0.29) is 0 Å². The van der Waals surface area contributed by atoms with Gasteiger partial charge in [0.2, 0.25) is 0 Å². The Kier molecular flexibility index (Phi) is 5.56. The van der Waals surface area contributed by atoms with Gasteiger partial charge >= 0.3 is 0 Å². The number of aromatic nitrogens is 4. The van der Waals surface area contributed by atoms with Crippen molar-refractivity contribution in [1.29, 1.82) is 0 Å². The molecule has 0 radical (unpaired) electrons. The first-order chi connectivity index (χ1) is 14.2. The molecule has 0 atom stereocenters. The second kappa shape index (κ2) is 8.60. The van der Waals surface area contributed by atoms with Gasteiger partial charge in [0, 0.05) is 42.3 Å². The van der Waals surface area contributed by atoms with Gasteiger partial charge in [-0.05, 0) is 36.6 Å². The molecule has 29 heavy (non-hydrogen) atoms. The van der Waals surface area contributed by atoms with Crippen molar-refractivity contribution < 1.29 is 0 Å². The molecular weight excluding hydrogens is 362 g/mol. The molecule has 0 aliphatic rings. The molecule has 0 aliphatic carbocycles. The quantitative estimate of drug-likeness (QED) is 0.302. The number of fused-ring (bicyclic) bond motifs is 1. The van der Waals surface area contributed by atoms with Crippen molar-refractivity contribution in [3.63, 3.8) is 0 Å². The van der Waals surface area contributed by atoms with E-state index in [0.717, 1.165) is 35.9 Å². The number of guanidine groups is 1. The Morgan fingerprint density at radius 1 is 1.10 bits per heavy atom. The first kappa shape index (κ1) is 18.7. The Bertz CT molecular complexity index is 1110. The molecule has 148 valence electrons. The fraction of sp³-hybridized carbons (Fsp3) is 0.227. The second-order valence-electron chi connectivity index (χ2n) is 6.91. The fourth-order valence-corrected chi connectivity index (χ4v) is 3.54. The summed E-state index contributed by atoms with van der Waals surface area (Å²) in [4.78, 5) is 12.0. The minimum Gasteiger partial charge on any atom is -0.358 e. The average molecular weight is 387 g/mol. The van der Waals surface area contributed by atoms with Gasteiger partial charge < -0.3 is 15.6 Å². The Balaban J connectivity index is 1.33. The van der Waals surface area contributed by atoms with E-state index in [4.69, 9.17) is 0 Å². The van der Waals surface area contributed by atoms with Crippen LogP contribution < -0.4 is 10.6 Å². The summed E-state index contributed by atoms with van der Waals surface area (Å²) in [7, 11) is 1.79. The van der Waals surface area contributed by atoms with Crippen molar-refractivity contribution in [2.75, 3.05) is 13.6 Å². The van der Waals surface area contributed by atoms with E-state index in [2.05, 4.69) is 79.1 Å². The zero-order valence-electron chi connectivity index (χ0n) is 16.7. The predicted molar refractivity (Wildman–Crippen MR) is 117 cm³/mol. The first-order valence-corrected chi connectivity index (χ1v) is 9.70. The Morgan fingerprint density at radius 3 is 2.83 bits per heavy atom. The molecule has 4 aromatic rings. The van der Waals surface area contributed by atoms with Crippen LogP contribution in [0.25, 0.3) is 22.3 Å². The molecule has 0 unspecified atom stereocenters. The van der Waals surface area contributed by atoms with Gasteiger partial charge in [-0.15, -0.1) is 0 Å². The van der Waals surface area contributed by atoms with Crippen LogP contribution in [0.4, 0.5) is 0 Å². The van der Waals surface area contributed by atoms with Crippen molar-refractivity contribution in [3.8, 4) is 11.4 Å². The highest BCUT2D eigenvalue weighted by Crippen LogP contribution is 2.22. The number of aliphatic imine (C=N–C) groups is 1. The second-order valence-corrected chi connectivity index (χ2v) is 6.91. The van der Waals surface area contributed by atoms with Gasteiger partial charge in [0.1, 0.15) is 6.33 Å². The molecule has 0 aliphatic heterocycles. The third kappa shape index (κ3) is 4.29. The van der Waals surface area contributed by atoms with E-state index in [1.54, 1.807) is 7.05 Å². The predicted octanol–water partition coefficient (Wildman–Crippen LogP) is 3.17. The van der Waals surface area contributed by atoms with E-state index in [1.165, 1.54) is 28.5 Å². The Morgan fingerprint density at radius 2 is 2.00 bits per heavy atom. The molecule has 0 fully saturated rings. The molecule has 0 spiro atoms. The van der Waals surface area contributed by atoms with Crippen LogP contribution in [-0.4, -0.2) is 39.7 Å². The molecule has 4 N–H and O–H groups in total. The standard InChI is InChI=1S/C22H25N7/c1-15-18(19-8-3-4-9-20(19)28-15)10-11-24-22(23-2)25-13-16-6-5-7-17(12-16)21-26-14-27-29-21/h3-9,12,14,28H,10-11,13H2,1-2H3,(H2,23,24,25)(H,26,27,29). The van der Waals surface area contributed by atoms with Crippen molar-refractivity contribution in [3.05, 3.63) is 71.7 Å². The van der Waals surface area contributed by atoms with Crippen LogP contribution in [0.1, 0.15) is 16.8 Å². The molecule has 4 rings (SSSR count). The maximum atomic E-state index is 4.34. The zero-order chi connectivity index (χ0) is 20.1. The number of nitrogens with zero attached hydrogens (tertiary/aromatic N) is 3. The fourth-order valence-electron chi connectivity index (χ4n) is 3.54. The lowest BCUT2D eigenvalue weighted by Gasteiger charge is -2.12. The number of hydrogen-bond donors (Lipinski definition) is 4. The van der Waals surface area contributed by atoms with E-state index < -0.39 is 0 Å². The summed E-state index contributed by atoms with van der Waals surface area (Å²) < 4.78 is 0. The SMILES string of the molecule is CN=C(NCCc1c(C)[nH]c2ccccc12)NCc1cccc(-c2ncn[nH]2)c1. The maximum absolute atomic E-state index is 4.34. The highest BCUT2D eigenvalue weighted by Gasteiger charge is 2.08. The van der Waals surface area contributed by atoms with Crippen molar-refractivity contribution in [2.45, 2.75) is 19.9 Å². The average Bonchev–Trinajstić information content (AvgIpc) is 3.39. The van der Waals surface area contributed by atoms with Crippen LogP contribution in [0.15, 0.2) is 59.9 Å². The smallest absolute Gasteiger partial charge is 0.191 e. The third-order valence-electron chi connectivity index (χ3n) is 4.99. The molecule has 0 amide bonds. The third-order valence-corrected chi connectivity index (χ3v) is 4.99. The number of aromatic amines is 2. The minimum absolute atomic E-state index is 0.674. The van der Waals surface area contributed by atoms with Gasteiger partial charge in [0.25, 0.3) is 0 Å². The van der Waals surface area contributed by atoms with Gasteiger partial charge in [0.05, 0.1) is 0 Å². The first-order valence-electron chi connectivity index (χ1n) is 9.70. The highest BCUT2D eigenvalue weighted by atomic mass is 15.2. The molecule has 2 aromatic carbocycles. The van der Waals surface area contributed by atoms with Crippen LogP contribution >= 0.6 is 0 Å². The number of para-hydroxylation sites is 1. The van der Waals surface area contributed by atoms with E-state index >= 15 is 0 Å². The summed E-state index contributed by atoms with van der Waals surface area (Å²) in [6, 6.07) is 16.6. The van der Waals surface area contributed by atoms with Gasteiger partial charge in [0.15, 0.2) is 11.8 Å². The van der Waals surface area contributed by atoms with Crippen LogP contribution in [0.2, 0.25) is 0 Å². The summed E-state index contributed by atoms with van der Waals surface area (Å²) in [5.41, 5.74) is 5.92. The summed E-state index contributed by atoms with van der Waals surface area (Å²) in [6.45, 7) is 3.61. The lowest BCUT2D eigenvalue weighted by atomic mass is 10.1. The zero-order valence-corrected chi connectivity index (χ0v) is 16.7. The summed E-state index contributed by atoms with van der Waals surface area (Å²) in [6.07, 6.45) is 2.44. The van der Waals surface area contributed by atoms with E-state index in [1.807, 2.05) is 12.1 Å². The molecular formula is C22H25N7. The number of rotatable bonds is 6. The van der Waals surface area contributed by atoms with Crippen LogP contribution in [-0.2, 0) is 13.0 Å². The Hall–Kier alpha value is -3.61. The van der Waals surface area contributed by atoms with Gasteiger partial charge in [-0.1, -0.05) is 36.4 Å². The summed E-state index contributed by atoms with van der Waals surface area (Å²) in [5, 5.41) is 14.9. The molecule has 0 bridgehead atoms. The number of hydrogen-bond acceptors (Lipinski definition) is 3. The highest BCUT2D eigenvalue weighted by molar-refractivity contribution is 5.84. The monoisotopic (exact) mass is 387 g/mol. The molecule has 0 saturated heterocycles. The lowest BCUT2D eigenvalue weighted by molar-refractivity contribution is 0.794. The van der Waals surface area contributed by atoms with Gasteiger partial charge in [-0.2, -0.15) is 5.10 Å². The largest absolute Gasteiger partial charge is 0.358 e. The normalized spacial score (nSPS) is 11.7. The van der Waals surface area contributed by atoms with E-state index in [9.17, 15) is 0 Å². The van der Waals surface area contributed by atoms with Crippen molar-refractivity contribution in [1.82, 2.24) is 30.8 Å². The molecule has 2 aromatic heterocycles. The van der Waals surface area contributed by atoms with Crippen LogP contribution in [0.5, 0.6) is 0 Å². The lowest BCUT2D eigenvalue weighted by Crippen LogP contribution is -2.37.